The molecule has 35 heavy (non-hydrogen) atoms. The first-order valence-corrected chi connectivity index (χ1v) is 12.4. The summed E-state index contributed by atoms with van der Waals surface area (Å²) in [5.41, 5.74) is 5.58. The van der Waals surface area contributed by atoms with E-state index in [1.165, 1.54) is 0 Å². The first-order chi connectivity index (χ1) is 17.0. The van der Waals surface area contributed by atoms with Crippen LogP contribution in [0.1, 0.15) is 62.2 Å². The van der Waals surface area contributed by atoms with Crippen molar-refractivity contribution in [3.63, 3.8) is 0 Å². The summed E-state index contributed by atoms with van der Waals surface area (Å²) in [7, 11) is 0. The van der Waals surface area contributed by atoms with E-state index in [0.29, 0.717) is 18.8 Å². The molecule has 7 nitrogen and oxygen atoms in total. The Morgan fingerprint density at radius 2 is 1.66 bits per heavy atom. The molecule has 0 aliphatic heterocycles. The predicted molar refractivity (Wildman–Crippen MR) is 138 cm³/mol. The third-order valence-corrected chi connectivity index (χ3v) is 6.31. The van der Waals surface area contributed by atoms with E-state index in [1.807, 2.05) is 47.9 Å². The second-order valence-electron chi connectivity index (χ2n) is 8.86. The molecule has 0 radical (unpaired) electrons. The monoisotopic (exact) mass is 472 g/mol. The zero-order valence-electron chi connectivity index (χ0n) is 20.6. The van der Waals surface area contributed by atoms with Gasteiger partial charge in [-0.05, 0) is 42.9 Å². The van der Waals surface area contributed by atoms with Crippen LogP contribution < -0.4 is 11.3 Å². The van der Waals surface area contributed by atoms with Gasteiger partial charge in [0.25, 0.3) is 5.56 Å². The largest absolute Gasteiger partial charge is 0.439 e. The first-order valence-electron chi connectivity index (χ1n) is 12.4. The fourth-order valence-electron chi connectivity index (χ4n) is 4.36. The average Bonchev–Trinajstić information content (AvgIpc) is 3.31. The molecule has 4 aromatic rings. The SMILES string of the molecule is CCCCc1nc(C)n(CCCC)c(=O)c1Cc1ccc(-c2ccccc2-c2noc(=O)[nH]2)cc1. The maximum Gasteiger partial charge on any atom is 0.439 e. The Labute approximate surface area is 204 Å². The molecule has 0 aliphatic rings. The molecule has 7 heteroatoms. The van der Waals surface area contributed by atoms with E-state index in [1.54, 1.807) is 0 Å². The summed E-state index contributed by atoms with van der Waals surface area (Å²) in [5.74, 6) is 0.616. The number of rotatable bonds is 10. The Balaban J connectivity index is 1.67. The topological polar surface area (TPSA) is 93.8 Å². The molecule has 2 aromatic heterocycles. The van der Waals surface area contributed by atoms with Crippen LogP contribution in [0.25, 0.3) is 22.5 Å². The fourth-order valence-corrected chi connectivity index (χ4v) is 4.36. The number of hydrogen-bond donors (Lipinski definition) is 1. The second kappa shape index (κ2) is 11.1. The molecular weight excluding hydrogens is 440 g/mol. The minimum absolute atomic E-state index is 0.0847. The van der Waals surface area contributed by atoms with Gasteiger partial charge in [-0.1, -0.05) is 80.4 Å². The molecule has 0 saturated carbocycles. The van der Waals surface area contributed by atoms with Gasteiger partial charge in [-0.3, -0.25) is 18.9 Å². The van der Waals surface area contributed by atoms with Crippen LogP contribution in [0.4, 0.5) is 0 Å². The highest BCUT2D eigenvalue weighted by molar-refractivity contribution is 5.80. The molecule has 0 saturated heterocycles. The lowest BCUT2D eigenvalue weighted by Gasteiger charge is -2.15. The first kappa shape index (κ1) is 24.4. The Bertz CT molecular complexity index is 1400. The number of nitrogens with one attached hydrogen (secondary N) is 1. The Morgan fingerprint density at radius 3 is 2.31 bits per heavy atom. The summed E-state index contributed by atoms with van der Waals surface area (Å²) in [6.45, 7) is 6.92. The number of H-pyrrole nitrogens is 1. The Hall–Kier alpha value is -3.74. The molecule has 0 amide bonds. The maximum absolute atomic E-state index is 13.5. The smallest absolute Gasteiger partial charge is 0.297 e. The van der Waals surface area contributed by atoms with E-state index in [9.17, 15) is 9.59 Å². The summed E-state index contributed by atoms with van der Waals surface area (Å²) < 4.78 is 6.52. The van der Waals surface area contributed by atoms with E-state index in [4.69, 9.17) is 4.98 Å². The van der Waals surface area contributed by atoms with Crippen molar-refractivity contribution >= 4 is 0 Å². The normalized spacial score (nSPS) is 11.2. The predicted octanol–water partition coefficient (Wildman–Crippen LogP) is 5.30. The van der Waals surface area contributed by atoms with Gasteiger partial charge in [-0.2, -0.15) is 0 Å². The van der Waals surface area contributed by atoms with E-state index < -0.39 is 5.76 Å². The van der Waals surface area contributed by atoms with Crippen LogP contribution in [-0.4, -0.2) is 19.7 Å². The minimum atomic E-state index is -0.583. The van der Waals surface area contributed by atoms with E-state index in [2.05, 4.69) is 40.6 Å². The molecular formula is C28H32N4O3. The van der Waals surface area contributed by atoms with Gasteiger partial charge < -0.3 is 0 Å². The van der Waals surface area contributed by atoms with Crippen molar-refractivity contribution in [1.82, 2.24) is 19.7 Å². The van der Waals surface area contributed by atoms with Gasteiger partial charge in [0.1, 0.15) is 5.82 Å². The van der Waals surface area contributed by atoms with Crippen molar-refractivity contribution in [2.45, 2.75) is 65.8 Å². The van der Waals surface area contributed by atoms with Gasteiger partial charge >= 0.3 is 5.76 Å². The van der Waals surface area contributed by atoms with E-state index in [0.717, 1.165) is 71.4 Å². The van der Waals surface area contributed by atoms with Crippen molar-refractivity contribution < 1.29 is 4.52 Å². The van der Waals surface area contributed by atoms with Crippen LogP contribution in [0.5, 0.6) is 0 Å². The fraction of sp³-hybridized carbons (Fsp3) is 0.357. The van der Waals surface area contributed by atoms with Crippen molar-refractivity contribution in [2.24, 2.45) is 0 Å². The van der Waals surface area contributed by atoms with Gasteiger partial charge in [0.05, 0.1) is 5.69 Å². The number of aromatic amines is 1. The van der Waals surface area contributed by atoms with E-state index >= 15 is 0 Å². The van der Waals surface area contributed by atoms with Crippen LogP contribution >= 0.6 is 0 Å². The molecule has 1 N–H and O–H groups in total. The summed E-state index contributed by atoms with van der Waals surface area (Å²) >= 11 is 0. The van der Waals surface area contributed by atoms with Crippen LogP contribution in [0.2, 0.25) is 0 Å². The van der Waals surface area contributed by atoms with Crippen molar-refractivity contribution in [3.05, 3.63) is 92.1 Å². The highest BCUT2D eigenvalue weighted by atomic mass is 16.5. The molecule has 0 aliphatic carbocycles. The van der Waals surface area contributed by atoms with Crippen LogP contribution in [0.3, 0.4) is 0 Å². The number of aryl methyl sites for hydroxylation is 2. The maximum atomic E-state index is 13.5. The molecule has 2 heterocycles. The summed E-state index contributed by atoms with van der Waals surface area (Å²) in [6, 6.07) is 15.9. The lowest BCUT2D eigenvalue weighted by atomic mass is 9.96. The lowest BCUT2D eigenvalue weighted by Crippen LogP contribution is -2.29. The molecule has 0 spiro atoms. The average molecular weight is 473 g/mol. The zero-order chi connectivity index (χ0) is 24.8. The van der Waals surface area contributed by atoms with Crippen LogP contribution in [0.15, 0.2) is 62.6 Å². The molecule has 0 unspecified atom stereocenters. The molecule has 0 atom stereocenters. The number of nitrogens with zero attached hydrogens (tertiary/aromatic N) is 3. The third kappa shape index (κ3) is 5.50. The molecule has 4 rings (SSSR count). The van der Waals surface area contributed by atoms with Crippen molar-refractivity contribution in [3.8, 4) is 22.5 Å². The summed E-state index contributed by atoms with van der Waals surface area (Å²) in [6.07, 6.45) is 5.43. The summed E-state index contributed by atoms with van der Waals surface area (Å²) in [4.78, 5) is 32.4. The zero-order valence-corrected chi connectivity index (χ0v) is 20.6. The second-order valence-corrected chi connectivity index (χ2v) is 8.86. The van der Waals surface area contributed by atoms with Gasteiger partial charge in [0, 0.05) is 24.1 Å². The molecule has 0 bridgehead atoms. The summed E-state index contributed by atoms with van der Waals surface area (Å²) in [5, 5.41) is 3.84. The van der Waals surface area contributed by atoms with Crippen LogP contribution in [0, 0.1) is 6.92 Å². The van der Waals surface area contributed by atoms with Crippen molar-refractivity contribution in [1.29, 1.82) is 0 Å². The van der Waals surface area contributed by atoms with Crippen molar-refractivity contribution in [2.75, 3.05) is 0 Å². The van der Waals surface area contributed by atoms with Gasteiger partial charge in [-0.25, -0.2) is 9.78 Å². The molecule has 0 fully saturated rings. The number of unbranched alkanes of at least 4 members (excludes halogenated alkanes) is 2. The Kier molecular flexibility index (Phi) is 7.75. The third-order valence-electron chi connectivity index (χ3n) is 6.31. The molecule has 2 aromatic carbocycles. The lowest BCUT2D eigenvalue weighted by molar-refractivity contribution is 0.388. The standard InChI is InChI=1S/C28H32N4O3/c1-4-6-12-25-24(27(33)32(17-7-5-2)19(3)29-25)18-20-13-15-21(16-14-20)22-10-8-9-11-23(22)26-30-28(34)35-31-26/h8-11,13-16H,4-7,12,17-18H2,1-3H3,(H,30,31,34). The minimum Gasteiger partial charge on any atom is -0.297 e. The number of hydrogen-bond acceptors (Lipinski definition) is 5. The highest BCUT2D eigenvalue weighted by Gasteiger charge is 2.16. The number of benzene rings is 2. The van der Waals surface area contributed by atoms with E-state index in [-0.39, 0.29) is 5.56 Å². The molecule has 182 valence electrons. The van der Waals surface area contributed by atoms with Gasteiger partial charge in [0.2, 0.25) is 0 Å². The highest BCUT2D eigenvalue weighted by Crippen LogP contribution is 2.30. The van der Waals surface area contributed by atoms with Gasteiger partial charge in [0.15, 0.2) is 5.82 Å². The van der Waals surface area contributed by atoms with Crippen LogP contribution in [-0.2, 0) is 19.4 Å². The van der Waals surface area contributed by atoms with Gasteiger partial charge in [-0.15, -0.1) is 0 Å². The quantitative estimate of drug-likeness (QED) is 0.338. The Morgan fingerprint density at radius 1 is 0.943 bits per heavy atom. The number of aromatic nitrogens is 4.